The number of nitrogens with zero attached hydrogens (tertiary/aromatic N) is 4. The van der Waals surface area contributed by atoms with E-state index in [4.69, 9.17) is 0 Å². The summed E-state index contributed by atoms with van der Waals surface area (Å²) in [5, 5.41) is 7.88. The number of Topliss-reactive ketones (excluding diaryl/α,β-unsaturated/α-hetero) is 1. The summed E-state index contributed by atoms with van der Waals surface area (Å²) in [5.74, 6) is 0.766. The van der Waals surface area contributed by atoms with Gasteiger partial charge in [0.05, 0.1) is 11.7 Å². The van der Waals surface area contributed by atoms with Gasteiger partial charge in [-0.1, -0.05) is 25.0 Å². The number of hydrogen-bond donors (Lipinski definition) is 0. The Morgan fingerprint density at radius 2 is 2.32 bits per heavy atom. The second kappa shape index (κ2) is 5.41. The molecule has 2 rings (SSSR count). The highest BCUT2D eigenvalue weighted by atomic mass is 16.1. The molecule has 1 fully saturated rings. The quantitative estimate of drug-likeness (QED) is 0.780. The summed E-state index contributed by atoms with van der Waals surface area (Å²) in [6.07, 6.45) is 5.79. The fourth-order valence-corrected chi connectivity index (χ4v) is 3.24. The maximum Gasteiger partial charge on any atom is 0.202 e. The van der Waals surface area contributed by atoms with Gasteiger partial charge in [-0.05, 0) is 39.8 Å². The largest absolute Gasteiger partial charge is 0.297 e. The van der Waals surface area contributed by atoms with Crippen LogP contribution in [0.1, 0.15) is 50.0 Å². The van der Waals surface area contributed by atoms with E-state index in [0.29, 0.717) is 18.2 Å². The highest BCUT2D eigenvalue weighted by Crippen LogP contribution is 2.37. The zero-order valence-corrected chi connectivity index (χ0v) is 12.4. The van der Waals surface area contributed by atoms with Crippen molar-refractivity contribution in [1.82, 2.24) is 19.9 Å². The van der Waals surface area contributed by atoms with Crippen LogP contribution in [0.3, 0.4) is 0 Å². The molecule has 19 heavy (non-hydrogen) atoms. The number of hydrogen-bond acceptors (Lipinski definition) is 4. The summed E-state index contributed by atoms with van der Waals surface area (Å²) in [6.45, 7) is 4.90. The minimum Gasteiger partial charge on any atom is -0.297 e. The number of likely N-dealkylation sites (N-methyl/N-ethyl adjacent to an activating group) is 1. The van der Waals surface area contributed by atoms with E-state index >= 15 is 0 Å². The molecule has 0 aromatic carbocycles. The summed E-state index contributed by atoms with van der Waals surface area (Å²) >= 11 is 0. The monoisotopic (exact) mass is 264 g/mol. The molecule has 0 saturated heterocycles. The molecule has 2 unspecified atom stereocenters. The third-order valence-corrected chi connectivity index (χ3v) is 4.40. The van der Waals surface area contributed by atoms with E-state index in [-0.39, 0.29) is 11.3 Å². The molecule has 0 spiro atoms. The Labute approximate surface area is 115 Å². The molecule has 1 aliphatic rings. The first-order valence-corrected chi connectivity index (χ1v) is 7.12. The van der Waals surface area contributed by atoms with Gasteiger partial charge in [-0.25, -0.2) is 4.68 Å². The molecular weight excluding hydrogens is 240 g/mol. The third kappa shape index (κ3) is 2.43. The Balaban J connectivity index is 2.37. The van der Waals surface area contributed by atoms with Crippen LogP contribution < -0.4 is 0 Å². The number of aryl methyl sites for hydroxylation is 1. The fraction of sp³-hybridized carbons (Fsp3) is 0.786. The van der Waals surface area contributed by atoms with Crippen LogP contribution in [0, 0.1) is 5.92 Å². The second-order valence-electron chi connectivity index (χ2n) is 5.89. The lowest BCUT2D eigenvalue weighted by atomic mass is 9.72. The Hall–Kier alpha value is -1.23. The molecule has 5 heteroatoms. The van der Waals surface area contributed by atoms with Gasteiger partial charge in [-0.15, -0.1) is 5.10 Å². The van der Waals surface area contributed by atoms with E-state index in [1.54, 1.807) is 10.9 Å². The van der Waals surface area contributed by atoms with Crippen molar-refractivity contribution in [2.45, 2.75) is 51.6 Å². The molecule has 2 atom stereocenters. The van der Waals surface area contributed by atoms with E-state index in [0.717, 1.165) is 19.3 Å². The number of aromatic nitrogens is 3. The number of carbonyl (C=O) groups excluding carboxylic acids is 1. The van der Waals surface area contributed by atoms with Gasteiger partial charge in [0, 0.05) is 6.54 Å². The minimum absolute atomic E-state index is 0.177. The van der Waals surface area contributed by atoms with Gasteiger partial charge >= 0.3 is 0 Å². The summed E-state index contributed by atoms with van der Waals surface area (Å²) < 4.78 is 1.70. The number of carbonyl (C=O) groups is 1. The molecule has 0 radical (unpaired) electrons. The van der Waals surface area contributed by atoms with Crippen molar-refractivity contribution in [3.63, 3.8) is 0 Å². The Kier molecular flexibility index (Phi) is 4.04. The molecule has 1 heterocycles. The van der Waals surface area contributed by atoms with Gasteiger partial charge in [0.2, 0.25) is 5.78 Å². The van der Waals surface area contributed by atoms with Crippen LogP contribution in [0.2, 0.25) is 0 Å². The average Bonchev–Trinajstić information content (AvgIpc) is 2.85. The zero-order valence-electron chi connectivity index (χ0n) is 12.4. The summed E-state index contributed by atoms with van der Waals surface area (Å²) in [6, 6.07) is 0. The van der Waals surface area contributed by atoms with Crippen molar-refractivity contribution in [3.05, 3.63) is 11.9 Å². The zero-order chi connectivity index (χ0) is 14.0. The highest BCUT2D eigenvalue weighted by Gasteiger charge is 2.45. The highest BCUT2D eigenvalue weighted by molar-refractivity contribution is 6.01. The van der Waals surface area contributed by atoms with E-state index in [2.05, 4.69) is 22.1 Å². The van der Waals surface area contributed by atoms with Crippen molar-refractivity contribution >= 4 is 5.78 Å². The number of rotatable bonds is 4. The van der Waals surface area contributed by atoms with E-state index < -0.39 is 0 Å². The first kappa shape index (κ1) is 14.2. The first-order valence-electron chi connectivity index (χ1n) is 7.12. The van der Waals surface area contributed by atoms with Crippen LogP contribution in [0.4, 0.5) is 0 Å². The lowest BCUT2D eigenvalue weighted by Gasteiger charge is -2.43. The number of ketones is 1. The molecule has 1 saturated carbocycles. The van der Waals surface area contributed by atoms with E-state index in [1.165, 1.54) is 6.42 Å². The molecule has 0 N–H and O–H groups in total. The predicted molar refractivity (Wildman–Crippen MR) is 74.1 cm³/mol. The fourth-order valence-electron chi connectivity index (χ4n) is 3.24. The summed E-state index contributed by atoms with van der Waals surface area (Å²) in [7, 11) is 4.02. The standard InChI is InChI=1S/C14H24N4O/c1-5-18-12(10-15-16-18)13(19)14(17(3)4)8-6-7-11(2)9-14/h10-11H,5-9H2,1-4H3. The van der Waals surface area contributed by atoms with E-state index in [9.17, 15) is 4.79 Å². The smallest absolute Gasteiger partial charge is 0.202 e. The maximum absolute atomic E-state index is 13.0. The van der Waals surface area contributed by atoms with Crippen molar-refractivity contribution in [2.75, 3.05) is 14.1 Å². The van der Waals surface area contributed by atoms with Crippen LogP contribution in [0.5, 0.6) is 0 Å². The normalized spacial score (nSPS) is 27.7. The Morgan fingerprint density at radius 3 is 2.89 bits per heavy atom. The summed E-state index contributed by atoms with van der Waals surface area (Å²) in [5.41, 5.74) is 0.261. The molecule has 106 valence electrons. The van der Waals surface area contributed by atoms with Crippen LogP contribution in [0.25, 0.3) is 0 Å². The van der Waals surface area contributed by atoms with Crippen LogP contribution in [-0.4, -0.2) is 45.3 Å². The van der Waals surface area contributed by atoms with Gasteiger partial charge < -0.3 is 0 Å². The van der Waals surface area contributed by atoms with Gasteiger partial charge in [0.15, 0.2) is 0 Å². The molecule has 0 amide bonds. The van der Waals surface area contributed by atoms with Crippen molar-refractivity contribution in [2.24, 2.45) is 5.92 Å². The van der Waals surface area contributed by atoms with Gasteiger partial charge in [0.25, 0.3) is 0 Å². The maximum atomic E-state index is 13.0. The Bertz CT molecular complexity index is 454. The lowest BCUT2D eigenvalue weighted by molar-refractivity contribution is 0.0475. The van der Waals surface area contributed by atoms with Crippen LogP contribution >= 0.6 is 0 Å². The molecule has 1 aromatic heterocycles. The second-order valence-corrected chi connectivity index (χ2v) is 5.89. The van der Waals surface area contributed by atoms with Gasteiger partial charge in [0.1, 0.15) is 5.69 Å². The van der Waals surface area contributed by atoms with E-state index in [1.807, 2.05) is 21.0 Å². The first-order chi connectivity index (χ1) is 9.01. The lowest BCUT2D eigenvalue weighted by Crippen LogP contribution is -2.54. The van der Waals surface area contributed by atoms with Crippen molar-refractivity contribution in [3.8, 4) is 0 Å². The SMILES string of the molecule is CCn1nncc1C(=O)C1(N(C)C)CCCC(C)C1. The predicted octanol–water partition coefficient (Wildman–Crippen LogP) is 1.99. The third-order valence-electron chi connectivity index (χ3n) is 4.40. The molecule has 1 aromatic rings. The van der Waals surface area contributed by atoms with Crippen molar-refractivity contribution < 1.29 is 4.79 Å². The topological polar surface area (TPSA) is 51.0 Å². The summed E-state index contributed by atoms with van der Waals surface area (Å²) in [4.78, 5) is 15.1. The average molecular weight is 264 g/mol. The molecular formula is C14H24N4O. The van der Waals surface area contributed by atoms with Gasteiger partial charge in [-0.2, -0.15) is 0 Å². The molecule has 1 aliphatic carbocycles. The molecule has 0 bridgehead atoms. The molecule has 5 nitrogen and oxygen atoms in total. The van der Waals surface area contributed by atoms with Gasteiger partial charge in [-0.3, -0.25) is 9.69 Å². The molecule has 0 aliphatic heterocycles. The van der Waals surface area contributed by atoms with Crippen LogP contribution in [-0.2, 0) is 6.54 Å². The van der Waals surface area contributed by atoms with Crippen molar-refractivity contribution in [1.29, 1.82) is 0 Å². The minimum atomic E-state index is -0.383. The Morgan fingerprint density at radius 1 is 1.58 bits per heavy atom. The van der Waals surface area contributed by atoms with Crippen LogP contribution in [0.15, 0.2) is 6.20 Å².